The number of ketones is 1. The number of Topliss-reactive ketones (excluding diaryl/α,β-unsaturated/α-hetero) is 1. The van der Waals surface area contributed by atoms with Crippen LogP contribution in [0.15, 0.2) is 40.4 Å². The van der Waals surface area contributed by atoms with Crippen molar-refractivity contribution in [2.75, 3.05) is 7.11 Å². The van der Waals surface area contributed by atoms with Gasteiger partial charge in [0.2, 0.25) is 0 Å². The van der Waals surface area contributed by atoms with Gasteiger partial charge in [0.1, 0.15) is 17.6 Å². The number of aryl methyl sites for hydroxylation is 1. The number of esters is 1. The fourth-order valence-corrected chi connectivity index (χ4v) is 4.24. The molecule has 1 aliphatic rings. The molecule has 0 unspecified atom stereocenters. The molecule has 0 aliphatic carbocycles. The Labute approximate surface area is 169 Å². The first-order valence-electron chi connectivity index (χ1n) is 9.06. The van der Waals surface area contributed by atoms with Gasteiger partial charge < -0.3 is 9.47 Å². The van der Waals surface area contributed by atoms with Crippen LogP contribution in [-0.2, 0) is 14.3 Å². The molecule has 1 heterocycles. The average molecular weight is 435 g/mol. The van der Waals surface area contributed by atoms with E-state index in [4.69, 9.17) is 9.47 Å². The van der Waals surface area contributed by atoms with Crippen molar-refractivity contribution in [2.24, 2.45) is 5.92 Å². The van der Waals surface area contributed by atoms with Gasteiger partial charge in [0, 0.05) is 40.8 Å². The van der Waals surface area contributed by atoms with E-state index in [1.54, 1.807) is 7.11 Å². The zero-order valence-electron chi connectivity index (χ0n) is 16.6. The van der Waals surface area contributed by atoms with Crippen LogP contribution in [-0.4, -0.2) is 25.0 Å². The monoisotopic (exact) mass is 434 g/mol. The zero-order valence-corrected chi connectivity index (χ0v) is 18.2. The van der Waals surface area contributed by atoms with E-state index in [1.807, 2.05) is 39.8 Å². The Hall–Kier alpha value is -1.88. The van der Waals surface area contributed by atoms with E-state index < -0.39 is 0 Å². The topological polar surface area (TPSA) is 52.6 Å². The van der Waals surface area contributed by atoms with Crippen molar-refractivity contribution in [3.05, 3.63) is 51.5 Å². The van der Waals surface area contributed by atoms with E-state index in [0.717, 1.165) is 26.7 Å². The standard InChI is InChI=1S/C22H27BrO4/c1-12-7-17(23)22(20(10-12)26-6)16(5)18(24)8-13(2)9-19-15(4)14(3)11-21(25)27-19/h7,10-11,15-16,19H,2,8-9H2,1,3-6H3/t15-,16-,19+/m0/s1. The zero-order chi connectivity index (χ0) is 20.3. The third-order valence-electron chi connectivity index (χ3n) is 5.17. The molecule has 0 spiro atoms. The second-order valence-corrected chi connectivity index (χ2v) is 8.19. The molecule has 0 aromatic heterocycles. The lowest BCUT2D eigenvalue weighted by atomic mass is 9.86. The van der Waals surface area contributed by atoms with Crippen molar-refractivity contribution in [3.63, 3.8) is 0 Å². The third kappa shape index (κ3) is 5.10. The minimum absolute atomic E-state index is 0.0601. The van der Waals surface area contributed by atoms with Crippen molar-refractivity contribution in [2.45, 2.75) is 52.6 Å². The Balaban J connectivity index is 2.08. The smallest absolute Gasteiger partial charge is 0.331 e. The molecule has 3 atom stereocenters. The molecule has 1 aromatic rings. The summed E-state index contributed by atoms with van der Waals surface area (Å²) in [4.78, 5) is 24.5. The SMILES string of the molecule is C=C(CC(=O)[C@H](C)c1c(Br)cc(C)cc1OC)C[C@H]1OC(=O)C=C(C)[C@@H]1C. The molecule has 0 N–H and O–H groups in total. The van der Waals surface area contributed by atoms with Crippen LogP contribution >= 0.6 is 15.9 Å². The molecule has 5 heteroatoms. The summed E-state index contributed by atoms with van der Waals surface area (Å²) in [5.41, 5.74) is 3.67. The van der Waals surface area contributed by atoms with Crippen molar-refractivity contribution in [1.29, 1.82) is 0 Å². The molecule has 0 fully saturated rings. The Morgan fingerprint density at radius 3 is 2.67 bits per heavy atom. The minimum Gasteiger partial charge on any atom is -0.496 e. The molecule has 0 bridgehead atoms. The van der Waals surface area contributed by atoms with E-state index in [-0.39, 0.29) is 36.1 Å². The summed E-state index contributed by atoms with van der Waals surface area (Å²) in [5.74, 6) is 0.225. The second-order valence-electron chi connectivity index (χ2n) is 7.33. The Morgan fingerprint density at radius 1 is 1.37 bits per heavy atom. The van der Waals surface area contributed by atoms with Crippen LogP contribution in [0.4, 0.5) is 0 Å². The summed E-state index contributed by atoms with van der Waals surface area (Å²) >= 11 is 3.56. The third-order valence-corrected chi connectivity index (χ3v) is 5.83. The van der Waals surface area contributed by atoms with Gasteiger partial charge in [0.05, 0.1) is 7.11 Å². The maximum atomic E-state index is 12.9. The van der Waals surface area contributed by atoms with Crippen molar-refractivity contribution < 1.29 is 19.1 Å². The summed E-state index contributed by atoms with van der Waals surface area (Å²) in [5, 5.41) is 0. The summed E-state index contributed by atoms with van der Waals surface area (Å²) in [6.45, 7) is 11.9. The van der Waals surface area contributed by atoms with E-state index in [9.17, 15) is 9.59 Å². The Morgan fingerprint density at radius 2 is 2.04 bits per heavy atom. The fourth-order valence-electron chi connectivity index (χ4n) is 3.34. The molecule has 1 aromatic carbocycles. The maximum Gasteiger partial charge on any atom is 0.331 e. The minimum atomic E-state index is -0.334. The highest BCUT2D eigenvalue weighted by Gasteiger charge is 2.29. The highest BCUT2D eigenvalue weighted by Crippen LogP contribution is 2.36. The van der Waals surface area contributed by atoms with Crippen molar-refractivity contribution in [3.8, 4) is 5.75 Å². The van der Waals surface area contributed by atoms with Gasteiger partial charge in [-0.3, -0.25) is 4.79 Å². The summed E-state index contributed by atoms with van der Waals surface area (Å²) in [7, 11) is 1.61. The van der Waals surface area contributed by atoms with Gasteiger partial charge in [-0.2, -0.15) is 0 Å². The highest BCUT2D eigenvalue weighted by atomic mass is 79.9. The number of ether oxygens (including phenoxy) is 2. The number of carbonyl (C=O) groups excluding carboxylic acids is 2. The predicted molar refractivity (Wildman–Crippen MR) is 110 cm³/mol. The number of rotatable bonds is 7. The molecule has 1 aliphatic heterocycles. The molecular formula is C22H27BrO4. The summed E-state index contributed by atoms with van der Waals surface area (Å²) < 4.78 is 11.8. The molecule has 0 saturated carbocycles. The van der Waals surface area contributed by atoms with Crippen molar-refractivity contribution in [1.82, 2.24) is 0 Å². The first-order valence-corrected chi connectivity index (χ1v) is 9.85. The average Bonchev–Trinajstić information content (AvgIpc) is 2.57. The van der Waals surface area contributed by atoms with Crippen LogP contribution in [0.2, 0.25) is 0 Å². The molecule has 0 radical (unpaired) electrons. The van der Waals surface area contributed by atoms with Crippen molar-refractivity contribution >= 4 is 27.7 Å². The maximum absolute atomic E-state index is 12.9. The lowest BCUT2D eigenvalue weighted by molar-refractivity contribution is -0.146. The van der Waals surface area contributed by atoms with Gasteiger partial charge in [0.25, 0.3) is 0 Å². The molecule has 4 nitrogen and oxygen atoms in total. The first-order chi connectivity index (χ1) is 12.6. The molecule has 0 saturated heterocycles. The molecular weight excluding hydrogens is 408 g/mol. The van der Waals surface area contributed by atoms with Crippen LogP contribution < -0.4 is 4.74 Å². The van der Waals surface area contributed by atoms with Gasteiger partial charge in [-0.05, 0) is 31.5 Å². The van der Waals surface area contributed by atoms with Gasteiger partial charge in [-0.15, -0.1) is 0 Å². The van der Waals surface area contributed by atoms with E-state index >= 15 is 0 Å². The lowest BCUT2D eigenvalue weighted by Crippen LogP contribution is -2.30. The van der Waals surface area contributed by atoms with E-state index in [1.165, 1.54) is 6.08 Å². The number of benzene rings is 1. The highest BCUT2D eigenvalue weighted by molar-refractivity contribution is 9.10. The number of carbonyl (C=O) groups is 2. The van der Waals surface area contributed by atoms with Crippen LogP contribution in [0.1, 0.15) is 50.7 Å². The van der Waals surface area contributed by atoms with Gasteiger partial charge in [-0.1, -0.05) is 47.5 Å². The molecule has 27 heavy (non-hydrogen) atoms. The molecule has 146 valence electrons. The number of hydrogen-bond acceptors (Lipinski definition) is 4. The van der Waals surface area contributed by atoms with Gasteiger partial charge >= 0.3 is 5.97 Å². The normalized spacial score (nSPS) is 20.5. The van der Waals surface area contributed by atoms with Crippen LogP contribution in [0, 0.1) is 12.8 Å². The summed E-state index contributed by atoms with van der Waals surface area (Å²) in [6.07, 6.45) is 1.99. The van der Waals surface area contributed by atoms with E-state index in [2.05, 4.69) is 22.5 Å². The fraction of sp³-hybridized carbons (Fsp3) is 0.455. The number of cyclic esters (lactones) is 1. The second kappa shape index (κ2) is 8.87. The molecule has 0 amide bonds. The summed E-state index contributed by atoms with van der Waals surface area (Å²) in [6, 6.07) is 3.91. The Bertz CT molecular complexity index is 794. The van der Waals surface area contributed by atoms with E-state index in [0.29, 0.717) is 12.2 Å². The quantitative estimate of drug-likeness (QED) is 0.432. The van der Waals surface area contributed by atoms with Crippen LogP contribution in [0.25, 0.3) is 0 Å². The number of methoxy groups -OCH3 is 1. The largest absolute Gasteiger partial charge is 0.496 e. The van der Waals surface area contributed by atoms with Gasteiger partial charge in [-0.25, -0.2) is 4.79 Å². The van der Waals surface area contributed by atoms with Gasteiger partial charge in [0.15, 0.2) is 0 Å². The van der Waals surface area contributed by atoms with Crippen LogP contribution in [0.5, 0.6) is 5.75 Å². The lowest BCUT2D eigenvalue weighted by Gasteiger charge is -2.29. The van der Waals surface area contributed by atoms with Crippen LogP contribution in [0.3, 0.4) is 0 Å². The number of halogens is 1. The first kappa shape index (κ1) is 21.4. The predicted octanol–water partition coefficient (Wildman–Crippen LogP) is 5.28. The number of hydrogen-bond donors (Lipinski definition) is 0. The molecule has 2 rings (SSSR count). The Kier molecular flexibility index (Phi) is 7.04.